The lowest BCUT2D eigenvalue weighted by Crippen LogP contribution is -2.26. The van der Waals surface area contributed by atoms with Crippen LogP contribution in [0, 0.1) is 0 Å². The lowest BCUT2D eigenvalue weighted by molar-refractivity contribution is -0.128. The van der Waals surface area contributed by atoms with Crippen LogP contribution in [-0.4, -0.2) is 56.9 Å². The third-order valence-electron chi connectivity index (χ3n) is 5.66. The fourth-order valence-electron chi connectivity index (χ4n) is 3.79. The average Bonchev–Trinajstić information content (AvgIpc) is 3.40. The summed E-state index contributed by atoms with van der Waals surface area (Å²) in [4.78, 5) is 38.2. The summed E-state index contributed by atoms with van der Waals surface area (Å²) in [6.45, 7) is 1.03. The smallest absolute Gasteiger partial charge is 0.337 e. The van der Waals surface area contributed by atoms with Gasteiger partial charge in [-0.25, -0.2) is 4.79 Å². The first-order chi connectivity index (χ1) is 16.4. The van der Waals surface area contributed by atoms with Gasteiger partial charge in [-0.05, 0) is 29.8 Å². The molecule has 9 nitrogen and oxygen atoms in total. The molecule has 1 atom stereocenters. The van der Waals surface area contributed by atoms with Crippen LogP contribution in [0.25, 0.3) is 0 Å². The molecule has 0 aliphatic carbocycles. The van der Waals surface area contributed by atoms with Crippen LogP contribution in [0.15, 0.2) is 59.8 Å². The molecule has 1 aromatic heterocycles. The number of rotatable bonds is 8. The summed E-state index contributed by atoms with van der Waals surface area (Å²) >= 11 is 1.26. The molecule has 1 aliphatic heterocycles. The number of hydrogen-bond donors (Lipinski definition) is 1. The Labute approximate surface area is 201 Å². The standard InChI is InChI=1S/C24H25N5O4S/c1-28-20(14-29-13-18(12-22(29)31)16-6-4-3-5-7-16)26-27-24(28)34-15-21(30)25-19-10-8-17(9-11-19)23(32)33-2/h3-11,18H,12-15H2,1-2H3,(H,25,30)/t18-/m1/s1. The molecule has 4 rings (SSSR count). The Bertz CT molecular complexity index is 1180. The molecular weight excluding hydrogens is 454 g/mol. The van der Waals surface area contributed by atoms with Crippen molar-refractivity contribution in [2.24, 2.45) is 7.05 Å². The van der Waals surface area contributed by atoms with E-state index in [1.165, 1.54) is 24.4 Å². The number of carbonyl (C=O) groups is 3. The number of nitrogens with zero attached hydrogens (tertiary/aromatic N) is 4. The molecule has 10 heteroatoms. The molecule has 1 N–H and O–H groups in total. The molecule has 2 amide bonds. The van der Waals surface area contributed by atoms with Gasteiger partial charge in [0.05, 0.1) is 25.0 Å². The summed E-state index contributed by atoms with van der Waals surface area (Å²) in [5, 5.41) is 11.8. The second-order valence-corrected chi connectivity index (χ2v) is 8.89. The van der Waals surface area contributed by atoms with E-state index >= 15 is 0 Å². The van der Waals surface area contributed by atoms with Gasteiger partial charge in [0, 0.05) is 31.6 Å². The van der Waals surface area contributed by atoms with Gasteiger partial charge in [0.2, 0.25) is 11.8 Å². The molecule has 2 aromatic carbocycles. The number of aromatic nitrogens is 3. The van der Waals surface area contributed by atoms with Crippen molar-refractivity contribution in [3.63, 3.8) is 0 Å². The van der Waals surface area contributed by atoms with Gasteiger partial charge < -0.3 is 19.5 Å². The fraction of sp³-hybridized carbons (Fsp3) is 0.292. The van der Waals surface area contributed by atoms with Gasteiger partial charge in [0.15, 0.2) is 11.0 Å². The molecule has 0 spiro atoms. The Balaban J connectivity index is 1.30. The van der Waals surface area contributed by atoms with E-state index in [2.05, 4.69) is 32.4 Å². The number of thioether (sulfide) groups is 1. The van der Waals surface area contributed by atoms with Gasteiger partial charge in [0.1, 0.15) is 0 Å². The number of anilines is 1. The van der Waals surface area contributed by atoms with E-state index in [0.717, 1.165) is 0 Å². The van der Waals surface area contributed by atoms with Crippen LogP contribution >= 0.6 is 11.8 Å². The summed E-state index contributed by atoms with van der Waals surface area (Å²) in [6.07, 6.45) is 0.490. The zero-order valence-corrected chi connectivity index (χ0v) is 19.7. The maximum atomic E-state index is 12.5. The van der Waals surface area contributed by atoms with Crippen molar-refractivity contribution in [2.45, 2.75) is 24.0 Å². The van der Waals surface area contributed by atoms with E-state index in [9.17, 15) is 14.4 Å². The van der Waals surface area contributed by atoms with Gasteiger partial charge in [0.25, 0.3) is 0 Å². The highest BCUT2D eigenvalue weighted by atomic mass is 32.2. The summed E-state index contributed by atoms with van der Waals surface area (Å²) in [6, 6.07) is 16.5. The first kappa shape index (κ1) is 23.5. The van der Waals surface area contributed by atoms with E-state index in [4.69, 9.17) is 0 Å². The van der Waals surface area contributed by atoms with Gasteiger partial charge >= 0.3 is 5.97 Å². The second kappa shape index (κ2) is 10.5. The van der Waals surface area contributed by atoms with Crippen molar-refractivity contribution < 1.29 is 19.1 Å². The normalized spacial score (nSPS) is 15.4. The quantitative estimate of drug-likeness (QED) is 0.391. The number of hydrogen-bond acceptors (Lipinski definition) is 7. The second-order valence-electron chi connectivity index (χ2n) is 7.95. The third-order valence-corrected chi connectivity index (χ3v) is 6.69. The number of methoxy groups -OCH3 is 1. The molecule has 3 aromatic rings. The van der Waals surface area contributed by atoms with Crippen molar-refractivity contribution in [2.75, 3.05) is 24.7 Å². The lowest BCUT2D eigenvalue weighted by atomic mass is 9.99. The minimum Gasteiger partial charge on any atom is -0.465 e. The molecule has 34 heavy (non-hydrogen) atoms. The summed E-state index contributed by atoms with van der Waals surface area (Å²) < 4.78 is 6.48. The SMILES string of the molecule is COC(=O)c1ccc(NC(=O)CSc2nnc(CN3C[C@H](c4ccccc4)CC3=O)n2C)cc1. The molecule has 0 unspecified atom stereocenters. The number of ether oxygens (including phenoxy) is 1. The van der Waals surface area contributed by atoms with E-state index < -0.39 is 5.97 Å². The van der Waals surface area contributed by atoms with Crippen molar-refractivity contribution in [1.82, 2.24) is 19.7 Å². The Hall–Kier alpha value is -3.66. The fourth-order valence-corrected chi connectivity index (χ4v) is 4.52. The van der Waals surface area contributed by atoms with Crippen molar-refractivity contribution >= 4 is 35.2 Å². The number of esters is 1. The Morgan fingerprint density at radius 3 is 2.56 bits per heavy atom. The molecular formula is C24H25N5O4S. The van der Waals surface area contributed by atoms with Gasteiger partial charge in [-0.1, -0.05) is 42.1 Å². The van der Waals surface area contributed by atoms with Crippen LogP contribution < -0.4 is 5.32 Å². The van der Waals surface area contributed by atoms with E-state index in [-0.39, 0.29) is 23.5 Å². The van der Waals surface area contributed by atoms with E-state index in [1.807, 2.05) is 29.8 Å². The molecule has 0 radical (unpaired) electrons. The maximum Gasteiger partial charge on any atom is 0.337 e. The number of benzene rings is 2. The van der Waals surface area contributed by atoms with Crippen molar-refractivity contribution in [3.8, 4) is 0 Å². The van der Waals surface area contributed by atoms with Crippen LogP contribution in [0.2, 0.25) is 0 Å². The van der Waals surface area contributed by atoms with Crippen LogP contribution in [0.1, 0.15) is 34.1 Å². The van der Waals surface area contributed by atoms with Crippen LogP contribution in [0.5, 0.6) is 0 Å². The van der Waals surface area contributed by atoms with Crippen molar-refractivity contribution in [1.29, 1.82) is 0 Å². The van der Waals surface area contributed by atoms with Crippen LogP contribution in [0.4, 0.5) is 5.69 Å². The largest absolute Gasteiger partial charge is 0.465 e. The van der Waals surface area contributed by atoms with Gasteiger partial charge in [-0.3, -0.25) is 9.59 Å². The highest BCUT2D eigenvalue weighted by molar-refractivity contribution is 7.99. The molecule has 0 bridgehead atoms. The van der Waals surface area contributed by atoms with Crippen LogP contribution in [0.3, 0.4) is 0 Å². The molecule has 1 aliphatic rings. The van der Waals surface area contributed by atoms with E-state index in [0.29, 0.717) is 41.7 Å². The summed E-state index contributed by atoms with van der Waals surface area (Å²) in [7, 11) is 3.15. The number of amides is 2. The topological polar surface area (TPSA) is 106 Å². The van der Waals surface area contributed by atoms with Gasteiger partial charge in [-0.15, -0.1) is 10.2 Å². The monoisotopic (exact) mass is 479 g/mol. The van der Waals surface area contributed by atoms with Crippen molar-refractivity contribution in [3.05, 3.63) is 71.5 Å². The lowest BCUT2D eigenvalue weighted by Gasteiger charge is -2.16. The molecule has 1 saturated heterocycles. The Morgan fingerprint density at radius 1 is 1.12 bits per heavy atom. The highest BCUT2D eigenvalue weighted by Crippen LogP contribution is 2.29. The predicted octanol–water partition coefficient (Wildman–Crippen LogP) is 2.85. The van der Waals surface area contributed by atoms with E-state index in [1.54, 1.807) is 29.2 Å². The first-order valence-electron chi connectivity index (χ1n) is 10.8. The minimum absolute atomic E-state index is 0.101. The maximum absolute atomic E-state index is 12.5. The minimum atomic E-state index is -0.433. The zero-order chi connectivity index (χ0) is 24.1. The molecule has 176 valence electrons. The first-order valence-corrected chi connectivity index (χ1v) is 11.7. The number of carbonyl (C=O) groups excluding carboxylic acids is 3. The highest BCUT2D eigenvalue weighted by Gasteiger charge is 2.31. The molecule has 2 heterocycles. The Morgan fingerprint density at radius 2 is 1.85 bits per heavy atom. The van der Waals surface area contributed by atoms with Crippen LogP contribution in [-0.2, 0) is 27.9 Å². The number of likely N-dealkylation sites (tertiary alicyclic amines) is 1. The third kappa shape index (κ3) is 5.45. The summed E-state index contributed by atoms with van der Waals surface area (Å²) in [5.41, 5.74) is 2.16. The Kier molecular flexibility index (Phi) is 7.27. The molecule has 0 saturated carbocycles. The predicted molar refractivity (Wildman–Crippen MR) is 127 cm³/mol. The average molecular weight is 480 g/mol. The number of nitrogens with one attached hydrogen (secondary N) is 1. The summed E-state index contributed by atoms with van der Waals surface area (Å²) in [5.74, 6) is 0.454. The van der Waals surface area contributed by atoms with Gasteiger partial charge in [-0.2, -0.15) is 0 Å². The molecule has 1 fully saturated rings. The zero-order valence-electron chi connectivity index (χ0n) is 18.9.